The van der Waals surface area contributed by atoms with Crippen LogP contribution in [0.15, 0.2) is 24.3 Å². The summed E-state index contributed by atoms with van der Waals surface area (Å²) in [6.07, 6.45) is 5.92. The first-order valence-electron chi connectivity index (χ1n) is 7.14. The minimum atomic E-state index is -0.106. The van der Waals surface area contributed by atoms with Gasteiger partial charge in [0.2, 0.25) is 0 Å². The molecule has 0 heterocycles. The number of aliphatic hydroxyl groups excluding tert-OH is 1. The summed E-state index contributed by atoms with van der Waals surface area (Å²) < 4.78 is 0. The van der Waals surface area contributed by atoms with E-state index < -0.39 is 0 Å². The number of benzene rings is 1. The molecule has 1 aliphatic carbocycles. The third-order valence-electron chi connectivity index (χ3n) is 4.37. The molecule has 0 spiro atoms. The van der Waals surface area contributed by atoms with Crippen LogP contribution in [-0.4, -0.2) is 17.3 Å². The van der Waals surface area contributed by atoms with Crippen LogP contribution in [0.2, 0.25) is 0 Å². The Bertz CT molecular complexity index is 390. The van der Waals surface area contributed by atoms with Gasteiger partial charge in [0.15, 0.2) is 0 Å². The minimum absolute atomic E-state index is 0.106. The van der Waals surface area contributed by atoms with E-state index in [1.165, 1.54) is 30.5 Å². The fourth-order valence-electron chi connectivity index (χ4n) is 3.13. The van der Waals surface area contributed by atoms with Gasteiger partial charge in [-0.3, -0.25) is 0 Å². The average molecular weight is 247 g/mol. The van der Waals surface area contributed by atoms with Gasteiger partial charge in [-0.2, -0.15) is 0 Å². The predicted octanol–water partition coefficient (Wildman–Crippen LogP) is 3.74. The third-order valence-corrected chi connectivity index (χ3v) is 4.37. The van der Waals surface area contributed by atoms with Crippen molar-refractivity contribution >= 4 is 5.69 Å². The van der Waals surface area contributed by atoms with Crippen LogP contribution < -0.4 is 5.32 Å². The topological polar surface area (TPSA) is 32.3 Å². The lowest BCUT2D eigenvalue weighted by molar-refractivity contribution is 0.142. The lowest BCUT2D eigenvalue weighted by Crippen LogP contribution is -2.46. The molecule has 1 aliphatic rings. The van der Waals surface area contributed by atoms with Crippen molar-refractivity contribution in [1.82, 2.24) is 0 Å². The number of para-hydroxylation sites is 1. The molecular weight excluding hydrogens is 222 g/mol. The summed E-state index contributed by atoms with van der Waals surface area (Å²) in [5.41, 5.74) is 2.32. The molecule has 2 atom stereocenters. The molecular formula is C16H25NO. The van der Waals surface area contributed by atoms with Crippen LogP contribution in [0, 0.1) is 12.8 Å². The fraction of sp³-hybridized carbons (Fsp3) is 0.625. The summed E-state index contributed by atoms with van der Waals surface area (Å²) in [7, 11) is 0. The summed E-state index contributed by atoms with van der Waals surface area (Å²) in [4.78, 5) is 0. The Morgan fingerprint density at radius 1 is 1.39 bits per heavy atom. The zero-order valence-corrected chi connectivity index (χ0v) is 11.6. The quantitative estimate of drug-likeness (QED) is 0.849. The molecule has 0 radical (unpaired) electrons. The highest BCUT2D eigenvalue weighted by Gasteiger charge is 2.35. The number of nitrogens with one attached hydrogen (secondary N) is 1. The zero-order valence-electron chi connectivity index (χ0n) is 11.6. The fourth-order valence-corrected chi connectivity index (χ4v) is 3.13. The van der Waals surface area contributed by atoms with Crippen LogP contribution in [-0.2, 0) is 0 Å². The van der Waals surface area contributed by atoms with Crippen molar-refractivity contribution in [3.05, 3.63) is 29.8 Å². The Hall–Kier alpha value is -1.02. The molecule has 18 heavy (non-hydrogen) atoms. The van der Waals surface area contributed by atoms with E-state index in [9.17, 15) is 5.11 Å². The molecule has 0 aromatic heterocycles. The van der Waals surface area contributed by atoms with Gasteiger partial charge in [0.1, 0.15) is 0 Å². The zero-order chi connectivity index (χ0) is 13.0. The van der Waals surface area contributed by atoms with Crippen molar-refractivity contribution in [2.75, 3.05) is 11.9 Å². The molecule has 1 fully saturated rings. The molecule has 100 valence electrons. The molecule has 2 nitrogen and oxygen atoms in total. The number of hydrogen-bond donors (Lipinski definition) is 2. The van der Waals surface area contributed by atoms with Crippen LogP contribution in [0.3, 0.4) is 0 Å². The second-order valence-corrected chi connectivity index (χ2v) is 5.75. The Labute approximate surface area is 110 Å². The lowest BCUT2D eigenvalue weighted by atomic mass is 9.75. The molecule has 2 unspecified atom stereocenters. The summed E-state index contributed by atoms with van der Waals surface area (Å²) in [6, 6.07) is 8.35. The van der Waals surface area contributed by atoms with Crippen LogP contribution in [0.4, 0.5) is 5.69 Å². The van der Waals surface area contributed by atoms with Gasteiger partial charge in [0.05, 0.1) is 12.1 Å². The van der Waals surface area contributed by atoms with Crippen molar-refractivity contribution in [2.45, 2.75) is 51.5 Å². The molecule has 1 aromatic carbocycles. The Morgan fingerprint density at radius 3 is 2.83 bits per heavy atom. The highest BCUT2D eigenvalue weighted by atomic mass is 16.3. The number of anilines is 1. The normalized spacial score (nSPS) is 28.1. The minimum Gasteiger partial charge on any atom is -0.394 e. The number of aryl methyl sites for hydroxylation is 1. The van der Waals surface area contributed by atoms with Gasteiger partial charge in [0.25, 0.3) is 0 Å². The average Bonchev–Trinajstić information content (AvgIpc) is 2.42. The predicted molar refractivity (Wildman–Crippen MR) is 76.9 cm³/mol. The smallest absolute Gasteiger partial charge is 0.0661 e. The second-order valence-electron chi connectivity index (χ2n) is 5.75. The highest BCUT2D eigenvalue weighted by Crippen LogP contribution is 2.36. The summed E-state index contributed by atoms with van der Waals surface area (Å²) in [6.45, 7) is 4.61. The summed E-state index contributed by atoms with van der Waals surface area (Å²) >= 11 is 0. The van der Waals surface area contributed by atoms with E-state index in [0.29, 0.717) is 0 Å². The molecule has 0 saturated heterocycles. The molecule has 2 rings (SSSR count). The molecule has 2 heteroatoms. The van der Waals surface area contributed by atoms with E-state index in [2.05, 4.69) is 43.4 Å². The van der Waals surface area contributed by atoms with Gasteiger partial charge < -0.3 is 10.4 Å². The molecule has 0 bridgehead atoms. The van der Waals surface area contributed by atoms with Crippen LogP contribution in [0.1, 0.15) is 44.6 Å². The first-order valence-corrected chi connectivity index (χ1v) is 7.14. The maximum Gasteiger partial charge on any atom is 0.0661 e. The van der Waals surface area contributed by atoms with Crippen LogP contribution >= 0.6 is 0 Å². The Kier molecular flexibility index (Phi) is 4.28. The number of aliphatic hydroxyl groups is 1. The monoisotopic (exact) mass is 247 g/mol. The van der Waals surface area contributed by atoms with E-state index in [1.807, 2.05) is 0 Å². The first-order chi connectivity index (χ1) is 8.69. The highest BCUT2D eigenvalue weighted by molar-refractivity contribution is 5.52. The third kappa shape index (κ3) is 2.86. The van der Waals surface area contributed by atoms with E-state index in [0.717, 1.165) is 18.8 Å². The Balaban J connectivity index is 2.15. The lowest BCUT2D eigenvalue weighted by Gasteiger charge is -2.41. The van der Waals surface area contributed by atoms with Gasteiger partial charge in [-0.05, 0) is 37.3 Å². The maximum atomic E-state index is 9.84. The van der Waals surface area contributed by atoms with Gasteiger partial charge in [-0.25, -0.2) is 0 Å². The van der Waals surface area contributed by atoms with Gasteiger partial charge >= 0.3 is 0 Å². The molecule has 0 aliphatic heterocycles. The van der Waals surface area contributed by atoms with Crippen molar-refractivity contribution in [2.24, 2.45) is 5.92 Å². The molecule has 1 aromatic rings. The van der Waals surface area contributed by atoms with Crippen LogP contribution in [0.25, 0.3) is 0 Å². The van der Waals surface area contributed by atoms with Crippen molar-refractivity contribution in [3.63, 3.8) is 0 Å². The number of hydrogen-bond acceptors (Lipinski definition) is 2. The van der Waals surface area contributed by atoms with Gasteiger partial charge in [0, 0.05) is 5.69 Å². The van der Waals surface area contributed by atoms with Gasteiger partial charge in [-0.1, -0.05) is 44.4 Å². The van der Waals surface area contributed by atoms with Crippen LogP contribution in [0.5, 0.6) is 0 Å². The Morgan fingerprint density at radius 2 is 2.17 bits per heavy atom. The first kappa shape index (κ1) is 13.4. The van der Waals surface area contributed by atoms with Gasteiger partial charge in [-0.15, -0.1) is 0 Å². The SMILES string of the molecule is CCC1CCCC(CO)(Nc2ccccc2C)C1. The summed E-state index contributed by atoms with van der Waals surface area (Å²) in [5, 5.41) is 13.5. The van der Waals surface area contributed by atoms with Crippen molar-refractivity contribution in [3.8, 4) is 0 Å². The maximum absolute atomic E-state index is 9.84. The van der Waals surface area contributed by atoms with Crippen molar-refractivity contribution in [1.29, 1.82) is 0 Å². The number of rotatable bonds is 4. The molecule has 0 amide bonds. The second kappa shape index (κ2) is 5.75. The van der Waals surface area contributed by atoms with E-state index in [-0.39, 0.29) is 12.1 Å². The standard InChI is InChI=1S/C16H25NO/c1-3-14-8-6-10-16(11-14,12-18)17-15-9-5-4-7-13(15)2/h4-5,7,9,14,17-18H,3,6,8,10-12H2,1-2H3. The summed E-state index contributed by atoms with van der Waals surface area (Å²) in [5.74, 6) is 0.752. The largest absolute Gasteiger partial charge is 0.394 e. The van der Waals surface area contributed by atoms with E-state index in [4.69, 9.17) is 0 Å². The van der Waals surface area contributed by atoms with E-state index in [1.54, 1.807) is 0 Å². The molecule has 1 saturated carbocycles. The molecule has 2 N–H and O–H groups in total. The van der Waals surface area contributed by atoms with Crippen molar-refractivity contribution < 1.29 is 5.11 Å². The van der Waals surface area contributed by atoms with E-state index >= 15 is 0 Å².